The van der Waals surface area contributed by atoms with Crippen molar-refractivity contribution >= 4 is 0 Å². The molecular weight excluding hydrogens is 214 g/mol. The van der Waals surface area contributed by atoms with Gasteiger partial charge < -0.3 is 15.9 Å². The molecule has 0 heterocycles. The summed E-state index contributed by atoms with van der Waals surface area (Å²) in [6.45, 7) is 2.23. The van der Waals surface area contributed by atoms with Crippen molar-refractivity contribution in [3.8, 4) is 0 Å². The summed E-state index contributed by atoms with van der Waals surface area (Å²) in [5, 5.41) is 18.4. The molecule has 0 saturated carbocycles. The van der Waals surface area contributed by atoms with Crippen molar-refractivity contribution in [3.05, 3.63) is 0 Å². The second-order valence-electron chi connectivity index (χ2n) is 5.13. The smallest absolute Gasteiger partial charge is 0.134 e. The predicted octanol–water partition coefficient (Wildman–Crippen LogP) is 1.87. The van der Waals surface area contributed by atoms with Crippen LogP contribution in [0, 0.1) is 0 Å². The maximum atomic E-state index is 9.59. The highest BCUT2D eigenvalue weighted by atomic mass is 16.3. The van der Waals surface area contributed by atoms with Crippen LogP contribution in [0.25, 0.3) is 0 Å². The van der Waals surface area contributed by atoms with E-state index >= 15 is 0 Å². The zero-order chi connectivity index (χ0) is 12.9. The van der Waals surface area contributed by atoms with Gasteiger partial charge in [-0.15, -0.1) is 0 Å². The van der Waals surface area contributed by atoms with E-state index in [0.29, 0.717) is 0 Å². The second-order valence-corrected chi connectivity index (χ2v) is 5.13. The van der Waals surface area contributed by atoms with Crippen LogP contribution < -0.4 is 5.73 Å². The number of rotatable bonds is 12. The number of aliphatic hydroxyl groups is 2. The van der Waals surface area contributed by atoms with E-state index in [9.17, 15) is 5.11 Å². The molecule has 0 unspecified atom stereocenters. The number of hydrogen-bond acceptors (Lipinski definition) is 2. The maximum Gasteiger partial charge on any atom is 0.134 e. The van der Waals surface area contributed by atoms with Crippen LogP contribution in [-0.2, 0) is 0 Å². The fourth-order valence-electron chi connectivity index (χ4n) is 2.02. The zero-order valence-corrected chi connectivity index (χ0v) is 11.5. The summed E-state index contributed by atoms with van der Waals surface area (Å²) in [6, 6.07) is -0.218. The van der Waals surface area contributed by atoms with Gasteiger partial charge in [-0.1, -0.05) is 64.7 Å². The molecular formula is C14H32NO2+. The minimum Gasteiger partial charge on any atom is -0.390 e. The largest absolute Gasteiger partial charge is 0.390 e. The van der Waals surface area contributed by atoms with E-state index < -0.39 is 6.10 Å². The van der Waals surface area contributed by atoms with Crippen molar-refractivity contribution in [2.45, 2.75) is 83.3 Å². The SMILES string of the molecule is CCCCCCCCCCC[C@@H](O)[C@@H]([NH3+])CO. The lowest BCUT2D eigenvalue weighted by Gasteiger charge is -2.13. The first-order chi connectivity index (χ1) is 8.22. The fraction of sp³-hybridized carbons (Fsp3) is 1.00. The van der Waals surface area contributed by atoms with Crippen molar-refractivity contribution in [1.29, 1.82) is 0 Å². The molecule has 0 saturated heterocycles. The van der Waals surface area contributed by atoms with Gasteiger partial charge in [-0.25, -0.2) is 0 Å². The van der Waals surface area contributed by atoms with Crippen molar-refractivity contribution in [1.82, 2.24) is 0 Å². The molecule has 0 bridgehead atoms. The molecule has 0 rings (SSSR count). The number of quaternary nitrogens is 1. The highest BCUT2D eigenvalue weighted by molar-refractivity contribution is 4.64. The van der Waals surface area contributed by atoms with Gasteiger partial charge in [0, 0.05) is 0 Å². The van der Waals surface area contributed by atoms with Crippen LogP contribution in [0.1, 0.15) is 71.1 Å². The third-order valence-electron chi connectivity index (χ3n) is 3.38. The molecule has 0 aliphatic heterocycles. The quantitative estimate of drug-likeness (QED) is 0.460. The number of hydrogen-bond donors (Lipinski definition) is 3. The van der Waals surface area contributed by atoms with E-state index in [1.165, 1.54) is 51.4 Å². The van der Waals surface area contributed by atoms with Gasteiger partial charge in [0.2, 0.25) is 0 Å². The van der Waals surface area contributed by atoms with Gasteiger partial charge in [-0.2, -0.15) is 0 Å². The van der Waals surface area contributed by atoms with Gasteiger partial charge >= 0.3 is 0 Å². The molecule has 2 atom stereocenters. The summed E-state index contributed by atoms with van der Waals surface area (Å²) in [5.74, 6) is 0. The van der Waals surface area contributed by atoms with Crippen LogP contribution in [0.2, 0.25) is 0 Å². The number of unbranched alkanes of at least 4 members (excludes halogenated alkanes) is 8. The zero-order valence-electron chi connectivity index (χ0n) is 11.5. The van der Waals surface area contributed by atoms with E-state index in [4.69, 9.17) is 5.11 Å². The molecule has 0 radical (unpaired) electrons. The van der Waals surface area contributed by atoms with E-state index in [2.05, 4.69) is 12.7 Å². The molecule has 0 spiro atoms. The van der Waals surface area contributed by atoms with Crippen LogP contribution in [0.15, 0.2) is 0 Å². The Kier molecular flexibility index (Phi) is 12.3. The van der Waals surface area contributed by atoms with E-state index in [-0.39, 0.29) is 12.6 Å². The van der Waals surface area contributed by atoms with Crippen LogP contribution in [0.3, 0.4) is 0 Å². The number of aliphatic hydroxyl groups excluding tert-OH is 2. The van der Waals surface area contributed by atoms with Crippen molar-refractivity contribution in [3.63, 3.8) is 0 Å². The van der Waals surface area contributed by atoms with E-state index in [0.717, 1.165) is 12.8 Å². The Bertz CT molecular complexity index is 153. The van der Waals surface area contributed by atoms with Crippen LogP contribution >= 0.6 is 0 Å². The predicted molar refractivity (Wildman–Crippen MR) is 71.6 cm³/mol. The lowest BCUT2D eigenvalue weighted by atomic mass is 10.0. The summed E-state index contributed by atoms with van der Waals surface area (Å²) in [5.41, 5.74) is 3.71. The van der Waals surface area contributed by atoms with E-state index in [1.807, 2.05) is 0 Å². The molecule has 0 amide bonds. The van der Waals surface area contributed by atoms with Crippen molar-refractivity contribution in [2.75, 3.05) is 6.61 Å². The highest BCUT2D eigenvalue weighted by Crippen LogP contribution is 2.11. The average molecular weight is 246 g/mol. The Balaban J connectivity index is 3.13. The lowest BCUT2D eigenvalue weighted by Crippen LogP contribution is -2.68. The van der Waals surface area contributed by atoms with Gasteiger partial charge in [-0.3, -0.25) is 0 Å². The average Bonchev–Trinajstić information content (AvgIpc) is 2.35. The van der Waals surface area contributed by atoms with E-state index in [1.54, 1.807) is 0 Å². The minimum atomic E-state index is -0.426. The van der Waals surface area contributed by atoms with Crippen molar-refractivity contribution in [2.24, 2.45) is 0 Å². The molecule has 0 aromatic carbocycles. The van der Waals surface area contributed by atoms with Gasteiger partial charge in [0.1, 0.15) is 12.1 Å². The Hall–Kier alpha value is -0.120. The monoisotopic (exact) mass is 246 g/mol. The lowest BCUT2D eigenvalue weighted by molar-refractivity contribution is -0.443. The van der Waals surface area contributed by atoms with Gasteiger partial charge in [-0.05, 0) is 6.42 Å². The first-order valence-electron chi connectivity index (χ1n) is 7.34. The summed E-state index contributed by atoms with van der Waals surface area (Å²) < 4.78 is 0. The molecule has 17 heavy (non-hydrogen) atoms. The van der Waals surface area contributed by atoms with Crippen molar-refractivity contribution < 1.29 is 15.9 Å². The topological polar surface area (TPSA) is 68.1 Å². The molecule has 104 valence electrons. The first kappa shape index (κ1) is 16.9. The van der Waals surface area contributed by atoms with Gasteiger partial charge in [0.05, 0.1) is 6.61 Å². The third-order valence-corrected chi connectivity index (χ3v) is 3.38. The molecule has 0 fully saturated rings. The fourth-order valence-corrected chi connectivity index (χ4v) is 2.02. The highest BCUT2D eigenvalue weighted by Gasteiger charge is 2.15. The molecule has 0 aromatic rings. The first-order valence-corrected chi connectivity index (χ1v) is 7.34. The van der Waals surface area contributed by atoms with Crippen LogP contribution in [-0.4, -0.2) is 29.0 Å². The molecule has 0 aliphatic rings. The molecule has 0 aliphatic carbocycles. The normalized spacial score (nSPS) is 14.8. The summed E-state index contributed by atoms with van der Waals surface area (Å²) in [7, 11) is 0. The Morgan fingerprint density at radius 1 is 0.882 bits per heavy atom. The minimum absolute atomic E-state index is 0.0153. The van der Waals surface area contributed by atoms with Gasteiger partial charge in [0.15, 0.2) is 0 Å². The second kappa shape index (κ2) is 12.3. The molecule has 3 heteroatoms. The Morgan fingerprint density at radius 2 is 1.35 bits per heavy atom. The molecule has 0 aromatic heterocycles. The Labute approximate surface area is 106 Å². The molecule has 5 N–H and O–H groups in total. The summed E-state index contributed by atoms with van der Waals surface area (Å²) in [4.78, 5) is 0. The maximum absolute atomic E-state index is 9.59. The third kappa shape index (κ3) is 10.7. The summed E-state index contributed by atoms with van der Waals surface area (Å²) in [6.07, 6.45) is 12.0. The van der Waals surface area contributed by atoms with Crippen LogP contribution in [0.5, 0.6) is 0 Å². The summed E-state index contributed by atoms with van der Waals surface area (Å²) >= 11 is 0. The van der Waals surface area contributed by atoms with Crippen LogP contribution in [0.4, 0.5) is 0 Å². The molecule has 3 nitrogen and oxygen atoms in total. The standard InChI is InChI=1S/C14H31NO2/c1-2-3-4-5-6-7-8-9-10-11-14(17)13(15)12-16/h13-14,16-17H,2-12,15H2,1H3/p+1/t13-,14+/m0/s1. The van der Waals surface area contributed by atoms with Gasteiger partial charge in [0.25, 0.3) is 0 Å². The Morgan fingerprint density at radius 3 is 1.82 bits per heavy atom.